The molecule has 5 heteroatoms. The quantitative estimate of drug-likeness (QED) is 0.592. The normalized spacial score (nSPS) is 10.5. The summed E-state index contributed by atoms with van der Waals surface area (Å²) in [4.78, 5) is 11.6. The van der Waals surface area contributed by atoms with Gasteiger partial charge in [0.05, 0.1) is 6.54 Å². The lowest BCUT2D eigenvalue weighted by Gasteiger charge is -2.02. The molecule has 1 heterocycles. The highest BCUT2D eigenvalue weighted by Crippen LogP contribution is 2.06. The largest absolute Gasteiger partial charge is 0.455 e. The number of unbranched alkanes of at least 4 members (excludes halogenated alkanes) is 3. The van der Waals surface area contributed by atoms with Gasteiger partial charge in [0.25, 0.3) is 5.91 Å². The van der Waals surface area contributed by atoms with Gasteiger partial charge in [-0.25, -0.2) is 0 Å². The average molecular weight is 240 g/mol. The Balaban J connectivity index is 2.16. The first-order valence-electron chi connectivity index (χ1n) is 5.95. The zero-order valence-electron chi connectivity index (χ0n) is 9.95. The molecule has 0 atom stereocenters. The average Bonchev–Trinajstić information content (AvgIpc) is 2.82. The molecular formula is C12H20N2O3. The highest BCUT2D eigenvalue weighted by molar-refractivity contribution is 5.91. The minimum Gasteiger partial charge on any atom is -0.455 e. The first kappa shape index (κ1) is 13.7. The van der Waals surface area contributed by atoms with Crippen molar-refractivity contribution in [1.82, 2.24) is 5.32 Å². The minimum atomic E-state index is -0.202. The predicted molar refractivity (Wildman–Crippen MR) is 64.5 cm³/mol. The van der Waals surface area contributed by atoms with Gasteiger partial charge in [0.2, 0.25) is 0 Å². The molecule has 5 nitrogen and oxygen atoms in total. The number of furan rings is 1. The van der Waals surface area contributed by atoms with Crippen LogP contribution in [0.1, 0.15) is 42.0 Å². The predicted octanol–water partition coefficient (Wildman–Crippen LogP) is 1.02. The van der Waals surface area contributed by atoms with E-state index in [1.165, 1.54) is 0 Å². The minimum absolute atomic E-state index is 0.202. The van der Waals surface area contributed by atoms with Crippen LogP contribution in [0.2, 0.25) is 0 Å². The number of hydrogen-bond donors (Lipinski definition) is 3. The summed E-state index contributed by atoms with van der Waals surface area (Å²) in [6.45, 7) is 1.16. The summed E-state index contributed by atoms with van der Waals surface area (Å²) in [6.07, 6.45) is 3.74. The SMILES string of the molecule is NCc1ccc(C(=O)NCCCCCCO)o1. The molecule has 0 saturated carbocycles. The summed E-state index contributed by atoms with van der Waals surface area (Å²) in [6, 6.07) is 3.33. The van der Waals surface area contributed by atoms with Crippen molar-refractivity contribution >= 4 is 5.91 Å². The van der Waals surface area contributed by atoms with Crippen molar-refractivity contribution in [2.75, 3.05) is 13.2 Å². The van der Waals surface area contributed by atoms with Gasteiger partial charge in [0, 0.05) is 13.2 Å². The molecule has 0 spiro atoms. The fourth-order valence-corrected chi connectivity index (χ4v) is 1.49. The summed E-state index contributed by atoms with van der Waals surface area (Å²) in [5, 5.41) is 11.4. The Labute approximate surface area is 101 Å². The van der Waals surface area contributed by atoms with E-state index < -0.39 is 0 Å². The van der Waals surface area contributed by atoms with Gasteiger partial charge in [-0.2, -0.15) is 0 Å². The zero-order valence-corrected chi connectivity index (χ0v) is 9.95. The van der Waals surface area contributed by atoms with Crippen LogP contribution in [-0.4, -0.2) is 24.2 Å². The number of nitrogens with two attached hydrogens (primary N) is 1. The Morgan fingerprint density at radius 2 is 2.06 bits per heavy atom. The Morgan fingerprint density at radius 3 is 2.71 bits per heavy atom. The van der Waals surface area contributed by atoms with E-state index in [9.17, 15) is 4.79 Å². The standard InChI is InChI=1S/C12H20N2O3/c13-9-10-5-6-11(17-10)12(16)14-7-3-1-2-4-8-15/h5-6,15H,1-4,7-9,13H2,(H,14,16). The molecule has 1 amide bonds. The molecule has 1 aromatic heterocycles. The smallest absolute Gasteiger partial charge is 0.286 e. The van der Waals surface area contributed by atoms with Crippen molar-refractivity contribution < 1.29 is 14.3 Å². The van der Waals surface area contributed by atoms with E-state index in [-0.39, 0.29) is 12.5 Å². The first-order chi connectivity index (χ1) is 8.27. The number of rotatable bonds is 8. The maximum atomic E-state index is 11.6. The van der Waals surface area contributed by atoms with Crippen molar-refractivity contribution in [3.8, 4) is 0 Å². The molecule has 0 aliphatic carbocycles. The third-order valence-electron chi connectivity index (χ3n) is 2.46. The van der Waals surface area contributed by atoms with Crippen LogP contribution < -0.4 is 11.1 Å². The van der Waals surface area contributed by atoms with E-state index in [1.807, 2.05) is 0 Å². The van der Waals surface area contributed by atoms with Crippen LogP contribution in [0, 0.1) is 0 Å². The molecule has 0 bridgehead atoms. The van der Waals surface area contributed by atoms with Crippen LogP contribution in [0.5, 0.6) is 0 Å². The molecule has 0 aliphatic heterocycles. The fraction of sp³-hybridized carbons (Fsp3) is 0.583. The van der Waals surface area contributed by atoms with E-state index in [0.717, 1.165) is 25.7 Å². The van der Waals surface area contributed by atoms with Crippen LogP contribution in [0.15, 0.2) is 16.5 Å². The summed E-state index contributed by atoms with van der Waals surface area (Å²) < 4.78 is 5.22. The third-order valence-corrected chi connectivity index (χ3v) is 2.46. The second kappa shape index (κ2) is 7.86. The van der Waals surface area contributed by atoms with Crippen LogP contribution in [0.4, 0.5) is 0 Å². The Bertz CT molecular complexity index is 336. The maximum Gasteiger partial charge on any atom is 0.286 e. The van der Waals surface area contributed by atoms with Gasteiger partial charge in [0.15, 0.2) is 5.76 Å². The zero-order chi connectivity index (χ0) is 12.5. The van der Waals surface area contributed by atoms with Crippen LogP contribution in [0.25, 0.3) is 0 Å². The van der Waals surface area contributed by atoms with Gasteiger partial charge >= 0.3 is 0 Å². The van der Waals surface area contributed by atoms with Crippen LogP contribution >= 0.6 is 0 Å². The summed E-state index contributed by atoms with van der Waals surface area (Å²) in [5.41, 5.74) is 5.39. The molecular weight excluding hydrogens is 220 g/mol. The fourth-order valence-electron chi connectivity index (χ4n) is 1.49. The molecule has 0 aromatic carbocycles. The molecule has 0 saturated heterocycles. The third kappa shape index (κ3) is 5.01. The second-order valence-electron chi connectivity index (χ2n) is 3.86. The lowest BCUT2D eigenvalue weighted by Crippen LogP contribution is -2.23. The van der Waals surface area contributed by atoms with E-state index in [1.54, 1.807) is 12.1 Å². The van der Waals surface area contributed by atoms with Gasteiger partial charge in [-0.1, -0.05) is 12.8 Å². The number of carbonyl (C=O) groups is 1. The highest BCUT2D eigenvalue weighted by Gasteiger charge is 2.09. The molecule has 4 N–H and O–H groups in total. The van der Waals surface area contributed by atoms with E-state index in [2.05, 4.69) is 5.32 Å². The monoisotopic (exact) mass is 240 g/mol. The van der Waals surface area contributed by atoms with Gasteiger partial charge < -0.3 is 20.6 Å². The lowest BCUT2D eigenvalue weighted by molar-refractivity contribution is 0.0923. The lowest BCUT2D eigenvalue weighted by atomic mass is 10.2. The van der Waals surface area contributed by atoms with Crippen molar-refractivity contribution in [1.29, 1.82) is 0 Å². The first-order valence-corrected chi connectivity index (χ1v) is 5.95. The van der Waals surface area contributed by atoms with Crippen molar-refractivity contribution in [3.63, 3.8) is 0 Å². The molecule has 1 rings (SSSR count). The van der Waals surface area contributed by atoms with Gasteiger partial charge in [-0.15, -0.1) is 0 Å². The Hall–Kier alpha value is -1.33. The van der Waals surface area contributed by atoms with Gasteiger partial charge in [-0.05, 0) is 25.0 Å². The summed E-state index contributed by atoms with van der Waals surface area (Å²) in [5.74, 6) is 0.714. The molecule has 96 valence electrons. The van der Waals surface area contributed by atoms with Crippen molar-refractivity contribution in [3.05, 3.63) is 23.7 Å². The van der Waals surface area contributed by atoms with Crippen molar-refractivity contribution in [2.45, 2.75) is 32.2 Å². The highest BCUT2D eigenvalue weighted by atomic mass is 16.4. The molecule has 0 fully saturated rings. The maximum absolute atomic E-state index is 11.6. The van der Waals surface area contributed by atoms with E-state index in [4.69, 9.17) is 15.3 Å². The number of aliphatic hydroxyl groups is 1. The number of carbonyl (C=O) groups excluding carboxylic acids is 1. The van der Waals surface area contributed by atoms with E-state index >= 15 is 0 Å². The second-order valence-corrected chi connectivity index (χ2v) is 3.86. The van der Waals surface area contributed by atoms with Gasteiger partial charge in [0.1, 0.15) is 5.76 Å². The molecule has 0 radical (unpaired) electrons. The number of amides is 1. The van der Waals surface area contributed by atoms with Crippen LogP contribution in [0.3, 0.4) is 0 Å². The van der Waals surface area contributed by atoms with Crippen molar-refractivity contribution in [2.24, 2.45) is 5.73 Å². The van der Waals surface area contributed by atoms with Crippen LogP contribution in [-0.2, 0) is 6.54 Å². The summed E-state index contributed by atoms with van der Waals surface area (Å²) in [7, 11) is 0. The summed E-state index contributed by atoms with van der Waals surface area (Å²) >= 11 is 0. The molecule has 1 aromatic rings. The number of nitrogens with one attached hydrogen (secondary N) is 1. The van der Waals surface area contributed by atoms with Gasteiger partial charge in [-0.3, -0.25) is 4.79 Å². The number of aliphatic hydroxyl groups excluding tert-OH is 1. The van der Waals surface area contributed by atoms with E-state index in [0.29, 0.717) is 24.6 Å². The molecule has 0 aliphatic rings. The molecule has 17 heavy (non-hydrogen) atoms. The molecule has 0 unspecified atom stereocenters. The number of hydrogen-bond acceptors (Lipinski definition) is 4. The topological polar surface area (TPSA) is 88.5 Å². The Morgan fingerprint density at radius 1 is 1.29 bits per heavy atom. The Kier molecular flexibility index (Phi) is 6.35.